The van der Waals surface area contributed by atoms with Gasteiger partial charge >= 0.3 is 5.97 Å². The van der Waals surface area contributed by atoms with Crippen molar-refractivity contribution in [3.63, 3.8) is 0 Å². The first kappa shape index (κ1) is 16.1. The normalized spacial score (nSPS) is 10.1. The molecule has 1 N–H and O–H groups in total. The average molecular weight is 315 g/mol. The number of thioether (sulfide) groups is 1. The maximum Gasteiger partial charge on any atom is 0.337 e. The summed E-state index contributed by atoms with van der Waals surface area (Å²) in [6, 6.07) is 12.4. The molecule has 0 aliphatic carbocycles. The Hall–Kier alpha value is -2.27. The molecule has 0 unspecified atom stereocenters. The predicted octanol–water partition coefficient (Wildman–Crippen LogP) is 3.76. The highest BCUT2D eigenvalue weighted by molar-refractivity contribution is 7.98. The van der Waals surface area contributed by atoms with Crippen LogP contribution >= 0.6 is 11.8 Å². The summed E-state index contributed by atoms with van der Waals surface area (Å²) in [5, 5.41) is 2.83. The second kappa shape index (κ2) is 7.13. The maximum atomic E-state index is 12.4. The number of anilines is 1. The summed E-state index contributed by atoms with van der Waals surface area (Å²) in [4.78, 5) is 24.8. The molecule has 0 fully saturated rings. The summed E-state index contributed by atoms with van der Waals surface area (Å²) in [5.74, 6) is -0.569. The fourth-order valence-electron chi connectivity index (χ4n) is 1.98. The molecule has 0 aromatic heterocycles. The van der Waals surface area contributed by atoms with E-state index in [1.54, 1.807) is 36.0 Å². The van der Waals surface area contributed by atoms with Gasteiger partial charge in [-0.25, -0.2) is 4.79 Å². The highest BCUT2D eigenvalue weighted by Crippen LogP contribution is 2.20. The van der Waals surface area contributed by atoms with Crippen molar-refractivity contribution in [2.75, 3.05) is 18.7 Å². The van der Waals surface area contributed by atoms with Crippen molar-refractivity contribution in [3.05, 3.63) is 59.2 Å². The van der Waals surface area contributed by atoms with Crippen molar-refractivity contribution in [3.8, 4) is 0 Å². The fraction of sp³-hybridized carbons (Fsp3) is 0.176. The highest BCUT2D eigenvalue weighted by atomic mass is 32.2. The minimum atomic E-state index is -0.401. The third-order valence-corrected chi connectivity index (χ3v) is 3.98. The third-order valence-electron chi connectivity index (χ3n) is 3.25. The molecule has 1 amide bonds. The van der Waals surface area contributed by atoms with E-state index in [9.17, 15) is 9.59 Å². The number of esters is 1. The van der Waals surface area contributed by atoms with E-state index < -0.39 is 5.97 Å². The predicted molar refractivity (Wildman–Crippen MR) is 88.7 cm³/mol. The molecule has 0 atom stereocenters. The van der Waals surface area contributed by atoms with Crippen LogP contribution in [-0.2, 0) is 4.74 Å². The van der Waals surface area contributed by atoms with Crippen molar-refractivity contribution in [1.29, 1.82) is 0 Å². The Morgan fingerprint density at radius 3 is 2.36 bits per heavy atom. The van der Waals surface area contributed by atoms with Crippen LogP contribution in [0.4, 0.5) is 5.69 Å². The number of amides is 1. The van der Waals surface area contributed by atoms with Gasteiger partial charge in [-0.15, -0.1) is 11.8 Å². The zero-order chi connectivity index (χ0) is 16.1. The van der Waals surface area contributed by atoms with Crippen LogP contribution in [0.1, 0.15) is 26.3 Å². The molecule has 22 heavy (non-hydrogen) atoms. The zero-order valence-corrected chi connectivity index (χ0v) is 13.5. The molecule has 4 nitrogen and oxygen atoms in total. The first-order valence-electron chi connectivity index (χ1n) is 6.69. The van der Waals surface area contributed by atoms with Crippen molar-refractivity contribution < 1.29 is 14.3 Å². The molecule has 0 saturated heterocycles. The van der Waals surface area contributed by atoms with E-state index in [1.807, 2.05) is 31.4 Å². The first-order valence-corrected chi connectivity index (χ1v) is 7.92. The lowest BCUT2D eigenvalue weighted by Gasteiger charge is -2.09. The Kier molecular flexibility index (Phi) is 5.22. The Labute approximate surface area is 133 Å². The number of aryl methyl sites for hydroxylation is 1. The number of benzene rings is 2. The van der Waals surface area contributed by atoms with E-state index in [0.29, 0.717) is 16.8 Å². The van der Waals surface area contributed by atoms with Gasteiger partial charge in [-0.1, -0.05) is 6.07 Å². The summed E-state index contributed by atoms with van der Waals surface area (Å²) in [7, 11) is 1.33. The van der Waals surface area contributed by atoms with Crippen LogP contribution in [-0.4, -0.2) is 25.2 Å². The maximum absolute atomic E-state index is 12.4. The number of rotatable bonds is 4. The molecule has 0 aliphatic rings. The van der Waals surface area contributed by atoms with E-state index in [-0.39, 0.29) is 5.91 Å². The topological polar surface area (TPSA) is 55.4 Å². The second-order valence-electron chi connectivity index (χ2n) is 4.70. The van der Waals surface area contributed by atoms with Gasteiger partial charge in [0.05, 0.1) is 12.7 Å². The third kappa shape index (κ3) is 3.68. The van der Waals surface area contributed by atoms with Crippen molar-refractivity contribution >= 4 is 29.3 Å². The van der Waals surface area contributed by atoms with Crippen LogP contribution in [0, 0.1) is 6.92 Å². The quantitative estimate of drug-likeness (QED) is 0.689. The molecule has 0 bridgehead atoms. The highest BCUT2D eigenvalue weighted by Gasteiger charge is 2.11. The number of carbonyl (C=O) groups is 2. The Morgan fingerprint density at radius 1 is 1.09 bits per heavy atom. The van der Waals surface area contributed by atoms with E-state index in [1.165, 1.54) is 7.11 Å². The molecule has 0 saturated carbocycles. The molecule has 0 spiro atoms. The molecule has 0 aliphatic heterocycles. The summed E-state index contributed by atoms with van der Waals surface area (Å²) < 4.78 is 4.64. The largest absolute Gasteiger partial charge is 0.465 e. The molecule has 2 aromatic carbocycles. The Morgan fingerprint density at radius 2 is 1.77 bits per heavy atom. The van der Waals surface area contributed by atoms with E-state index >= 15 is 0 Å². The molecule has 114 valence electrons. The van der Waals surface area contributed by atoms with Crippen LogP contribution in [0.3, 0.4) is 0 Å². The molecule has 5 heteroatoms. The molecule has 2 rings (SSSR count). The van der Waals surface area contributed by atoms with E-state index in [0.717, 1.165) is 10.5 Å². The van der Waals surface area contributed by atoms with Gasteiger partial charge in [0.1, 0.15) is 0 Å². The Bertz CT molecular complexity index is 696. The number of carbonyl (C=O) groups excluding carboxylic acids is 2. The second-order valence-corrected chi connectivity index (χ2v) is 5.58. The van der Waals surface area contributed by atoms with Gasteiger partial charge in [-0.05, 0) is 55.1 Å². The monoisotopic (exact) mass is 315 g/mol. The number of methoxy groups -OCH3 is 1. The molecule has 2 aromatic rings. The van der Waals surface area contributed by atoms with Gasteiger partial charge in [-0.3, -0.25) is 4.79 Å². The number of nitrogens with one attached hydrogen (secondary N) is 1. The summed E-state index contributed by atoms with van der Waals surface area (Å²) in [6.07, 6.45) is 1.97. The minimum absolute atomic E-state index is 0.167. The van der Waals surface area contributed by atoms with E-state index in [2.05, 4.69) is 10.1 Å². The lowest BCUT2D eigenvalue weighted by atomic mass is 10.1. The van der Waals surface area contributed by atoms with Gasteiger partial charge in [0, 0.05) is 16.1 Å². The smallest absolute Gasteiger partial charge is 0.337 e. The SMILES string of the molecule is COC(=O)c1ccc(NC(=O)c2cc(SC)ccc2C)cc1. The number of ether oxygens (including phenoxy) is 1. The lowest BCUT2D eigenvalue weighted by molar-refractivity contribution is 0.0600. The van der Waals surface area contributed by atoms with E-state index in [4.69, 9.17) is 0 Å². The number of hydrogen-bond acceptors (Lipinski definition) is 4. The Balaban J connectivity index is 2.17. The van der Waals surface area contributed by atoms with Gasteiger partial charge < -0.3 is 10.1 Å². The lowest BCUT2D eigenvalue weighted by Crippen LogP contribution is -2.13. The van der Waals surface area contributed by atoms with Gasteiger partial charge in [0.25, 0.3) is 5.91 Å². The van der Waals surface area contributed by atoms with Crippen LogP contribution in [0.15, 0.2) is 47.4 Å². The van der Waals surface area contributed by atoms with Crippen molar-refractivity contribution in [2.24, 2.45) is 0 Å². The van der Waals surface area contributed by atoms with Crippen molar-refractivity contribution in [1.82, 2.24) is 0 Å². The molecule has 0 radical (unpaired) electrons. The van der Waals surface area contributed by atoms with Crippen LogP contribution < -0.4 is 5.32 Å². The van der Waals surface area contributed by atoms with Crippen LogP contribution in [0.25, 0.3) is 0 Å². The average Bonchev–Trinajstić information content (AvgIpc) is 2.55. The fourth-order valence-corrected chi connectivity index (χ4v) is 2.42. The number of hydrogen-bond donors (Lipinski definition) is 1. The van der Waals surface area contributed by atoms with Gasteiger partial charge in [-0.2, -0.15) is 0 Å². The molecule has 0 heterocycles. The van der Waals surface area contributed by atoms with Gasteiger partial charge in [0.2, 0.25) is 0 Å². The first-order chi connectivity index (χ1) is 10.5. The standard InChI is InChI=1S/C17H17NO3S/c1-11-4-9-14(22-3)10-15(11)16(19)18-13-7-5-12(6-8-13)17(20)21-2/h4-10H,1-3H3,(H,18,19). The summed E-state index contributed by atoms with van der Waals surface area (Å²) in [6.45, 7) is 1.90. The molecular weight excluding hydrogens is 298 g/mol. The van der Waals surface area contributed by atoms with Crippen molar-refractivity contribution in [2.45, 2.75) is 11.8 Å². The van der Waals surface area contributed by atoms with Crippen LogP contribution in [0.5, 0.6) is 0 Å². The summed E-state index contributed by atoms with van der Waals surface area (Å²) in [5.41, 5.74) is 2.64. The minimum Gasteiger partial charge on any atom is -0.465 e. The zero-order valence-electron chi connectivity index (χ0n) is 12.7. The van der Waals surface area contributed by atoms with Gasteiger partial charge in [0.15, 0.2) is 0 Å². The van der Waals surface area contributed by atoms with Crippen LogP contribution in [0.2, 0.25) is 0 Å². The summed E-state index contributed by atoms with van der Waals surface area (Å²) >= 11 is 1.59. The molecular formula is C17H17NO3S.